The third-order valence-corrected chi connectivity index (χ3v) is 6.14. The van der Waals surface area contributed by atoms with Crippen LogP contribution in [0.3, 0.4) is 0 Å². The Kier molecular flexibility index (Phi) is 6.27. The summed E-state index contributed by atoms with van der Waals surface area (Å²) < 4.78 is 39.6. The minimum absolute atomic E-state index is 0.0520. The standard InChI is InChI=1S/C12H17ClFNO3S2/c1-8(7-19-3)15(2)20(17,18)10-4-9(6-16)12(13)11(14)5-10/h4-5,8,16H,6-7H2,1-3H3. The Labute approximate surface area is 128 Å². The quantitative estimate of drug-likeness (QED) is 0.863. The Balaban J connectivity index is 3.25. The first-order valence-electron chi connectivity index (χ1n) is 5.81. The van der Waals surface area contributed by atoms with E-state index in [0.717, 1.165) is 6.07 Å². The maximum absolute atomic E-state index is 13.6. The summed E-state index contributed by atoms with van der Waals surface area (Å²) in [4.78, 5) is -0.209. The second kappa shape index (κ2) is 7.09. The van der Waals surface area contributed by atoms with Crippen LogP contribution < -0.4 is 0 Å². The first-order valence-corrected chi connectivity index (χ1v) is 9.02. The zero-order valence-corrected chi connectivity index (χ0v) is 13.8. The molecule has 114 valence electrons. The Morgan fingerprint density at radius 3 is 2.60 bits per heavy atom. The highest BCUT2D eigenvalue weighted by Crippen LogP contribution is 2.26. The molecule has 1 aromatic rings. The van der Waals surface area contributed by atoms with Crippen LogP contribution in [0.1, 0.15) is 12.5 Å². The highest BCUT2D eigenvalue weighted by atomic mass is 35.5. The fourth-order valence-corrected chi connectivity index (χ4v) is 4.03. The second-order valence-corrected chi connectivity index (χ2v) is 7.65. The lowest BCUT2D eigenvalue weighted by Gasteiger charge is -2.24. The summed E-state index contributed by atoms with van der Waals surface area (Å²) in [6, 6.07) is 1.84. The van der Waals surface area contributed by atoms with Gasteiger partial charge in [0.25, 0.3) is 0 Å². The smallest absolute Gasteiger partial charge is 0.243 e. The molecule has 0 aliphatic rings. The van der Waals surface area contributed by atoms with Crippen molar-refractivity contribution in [2.24, 2.45) is 0 Å². The molecular weight excluding hydrogens is 325 g/mol. The minimum Gasteiger partial charge on any atom is -0.392 e. The zero-order chi connectivity index (χ0) is 15.5. The van der Waals surface area contributed by atoms with Gasteiger partial charge in [-0.2, -0.15) is 16.1 Å². The molecule has 0 fully saturated rings. The summed E-state index contributed by atoms with van der Waals surface area (Å²) in [7, 11) is -2.38. The van der Waals surface area contributed by atoms with Crippen molar-refractivity contribution in [1.29, 1.82) is 0 Å². The van der Waals surface area contributed by atoms with Gasteiger partial charge >= 0.3 is 0 Å². The summed E-state index contributed by atoms with van der Waals surface area (Å²) in [6.07, 6.45) is 1.88. The number of hydrogen-bond donors (Lipinski definition) is 1. The van der Waals surface area contributed by atoms with Gasteiger partial charge in [0.15, 0.2) is 0 Å². The molecule has 4 nitrogen and oxygen atoms in total. The lowest BCUT2D eigenvalue weighted by molar-refractivity contribution is 0.281. The highest BCUT2D eigenvalue weighted by molar-refractivity contribution is 7.98. The summed E-state index contributed by atoms with van der Waals surface area (Å²) in [5.74, 6) is -0.235. The van der Waals surface area contributed by atoms with E-state index in [4.69, 9.17) is 16.7 Å². The van der Waals surface area contributed by atoms with E-state index in [9.17, 15) is 12.8 Å². The van der Waals surface area contributed by atoms with Crippen molar-refractivity contribution < 1.29 is 17.9 Å². The van der Waals surface area contributed by atoms with Gasteiger partial charge in [0, 0.05) is 24.4 Å². The largest absolute Gasteiger partial charge is 0.392 e. The first-order chi connectivity index (χ1) is 9.25. The van der Waals surface area contributed by atoms with E-state index in [0.29, 0.717) is 5.75 Å². The van der Waals surface area contributed by atoms with Crippen LogP contribution in [-0.4, -0.2) is 42.9 Å². The molecule has 0 aliphatic carbocycles. The summed E-state index contributed by atoms with van der Waals surface area (Å²) in [6.45, 7) is 1.25. The maximum atomic E-state index is 13.6. The monoisotopic (exact) mass is 341 g/mol. The number of thioether (sulfide) groups is 1. The Morgan fingerprint density at radius 2 is 2.10 bits per heavy atom. The molecule has 0 radical (unpaired) electrons. The van der Waals surface area contributed by atoms with E-state index in [-0.39, 0.29) is 21.5 Å². The molecule has 0 aromatic heterocycles. The van der Waals surface area contributed by atoms with E-state index in [1.54, 1.807) is 6.92 Å². The van der Waals surface area contributed by atoms with Crippen molar-refractivity contribution in [1.82, 2.24) is 4.31 Å². The number of halogens is 2. The molecule has 1 N–H and O–H groups in total. The molecule has 0 amide bonds. The van der Waals surface area contributed by atoms with Gasteiger partial charge in [0.2, 0.25) is 10.0 Å². The van der Waals surface area contributed by atoms with Crippen molar-refractivity contribution in [2.45, 2.75) is 24.5 Å². The van der Waals surface area contributed by atoms with Gasteiger partial charge in [0.1, 0.15) is 5.82 Å². The summed E-state index contributed by atoms with van der Waals surface area (Å²) >= 11 is 7.18. The molecule has 0 bridgehead atoms. The lowest BCUT2D eigenvalue weighted by atomic mass is 10.2. The van der Waals surface area contributed by atoms with Crippen LogP contribution in [0.2, 0.25) is 5.02 Å². The average molecular weight is 342 g/mol. The van der Waals surface area contributed by atoms with Gasteiger partial charge in [-0.1, -0.05) is 11.6 Å². The van der Waals surface area contributed by atoms with E-state index >= 15 is 0 Å². The predicted molar refractivity (Wildman–Crippen MR) is 80.1 cm³/mol. The molecule has 8 heteroatoms. The Morgan fingerprint density at radius 1 is 1.50 bits per heavy atom. The molecule has 1 atom stereocenters. The fraction of sp³-hybridized carbons (Fsp3) is 0.500. The first kappa shape index (κ1) is 17.7. The van der Waals surface area contributed by atoms with Gasteiger partial charge < -0.3 is 5.11 Å². The predicted octanol–water partition coefficient (Wildman–Crippen LogP) is 2.34. The second-order valence-electron chi connectivity index (χ2n) is 4.36. The molecule has 0 spiro atoms. The number of aliphatic hydroxyl groups is 1. The number of nitrogens with zero attached hydrogens (tertiary/aromatic N) is 1. The van der Waals surface area contributed by atoms with Crippen molar-refractivity contribution in [3.05, 3.63) is 28.5 Å². The van der Waals surface area contributed by atoms with Crippen LogP contribution in [0.25, 0.3) is 0 Å². The number of hydrogen-bond acceptors (Lipinski definition) is 4. The van der Waals surface area contributed by atoms with Crippen molar-refractivity contribution in [2.75, 3.05) is 19.1 Å². The molecule has 0 aliphatic heterocycles. The van der Waals surface area contributed by atoms with Crippen molar-refractivity contribution >= 4 is 33.4 Å². The zero-order valence-electron chi connectivity index (χ0n) is 11.4. The molecule has 0 saturated carbocycles. The summed E-state index contributed by atoms with van der Waals surface area (Å²) in [5, 5.41) is 8.84. The molecule has 0 heterocycles. The third-order valence-electron chi connectivity index (χ3n) is 2.95. The molecule has 20 heavy (non-hydrogen) atoms. The van der Waals surface area contributed by atoms with Gasteiger partial charge in [0.05, 0.1) is 16.5 Å². The van der Waals surface area contributed by atoms with Crippen LogP contribution in [0, 0.1) is 5.82 Å². The van der Waals surface area contributed by atoms with Crippen molar-refractivity contribution in [3.8, 4) is 0 Å². The SMILES string of the molecule is CSCC(C)N(C)S(=O)(=O)c1cc(F)c(Cl)c(CO)c1. The number of sulfonamides is 1. The van der Waals surface area contributed by atoms with Crippen LogP contribution in [0.4, 0.5) is 4.39 Å². The van der Waals surface area contributed by atoms with E-state index in [1.165, 1.54) is 29.2 Å². The van der Waals surface area contributed by atoms with Crippen LogP contribution in [0.15, 0.2) is 17.0 Å². The Hall–Kier alpha value is -0.340. The lowest BCUT2D eigenvalue weighted by Crippen LogP contribution is -2.36. The highest BCUT2D eigenvalue weighted by Gasteiger charge is 2.26. The fourth-order valence-electron chi connectivity index (χ4n) is 1.63. The number of aliphatic hydroxyl groups excluding tert-OH is 1. The molecular formula is C12H17ClFNO3S2. The number of rotatable bonds is 6. The van der Waals surface area contributed by atoms with E-state index in [1.807, 2.05) is 6.26 Å². The molecule has 1 rings (SSSR count). The minimum atomic E-state index is -3.82. The molecule has 1 aromatic carbocycles. The van der Waals surface area contributed by atoms with Gasteiger partial charge in [-0.15, -0.1) is 0 Å². The van der Waals surface area contributed by atoms with E-state index < -0.39 is 22.4 Å². The normalized spacial score (nSPS) is 13.8. The topological polar surface area (TPSA) is 57.6 Å². The van der Waals surface area contributed by atoms with Gasteiger partial charge in [-0.05, 0) is 25.3 Å². The molecule has 0 saturated heterocycles. The van der Waals surface area contributed by atoms with Crippen molar-refractivity contribution in [3.63, 3.8) is 0 Å². The average Bonchev–Trinajstić information content (AvgIpc) is 2.40. The van der Waals surface area contributed by atoms with Crippen LogP contribution >= 0.6 is 23.4 Å². The van der Waals surface area contributed by atoms with Crippen LogP contribution in [0.5, 0.6) is 0 Å². The molecule has 1 unspecified atom stereocenters. The van der Waals surface area contributed by atoms with E-state index in [2.05, 4.69) is 0 Å². The maximum Gasteiger partial charge on any atom is 0.243 e. The third kappa shape index (κ3) is 3.65. The van der Waals surface area contributed by atoms with Crippen LogP contribution in [-0.2, 0) is 16.6 Å². The van der Waals surface area contributed by atoms with Gasteiger partial charge in [-0.25, -0.2) is 12.8 Å². The Bertz CT molecular complexity index is 580. The number of benzene rings is 1. The van der Waals surface area contributed by atoms with Gasteiger partial charge in [-0.3, -0.25) is 0 Å². The summed E-state index contributed by atoms with van der Waals surface area (Å²) in [5.41, 5.74) is 0.0520.